The van der Waals surface area contributed by atoms with Crippen molar-refractivity contribution in [2.75, 3.05) is 6.61 Å². The Hall–Kier alpha value is -0.980. The molecule has 0 aromatic rings. The van der Waals surface area contributed by atoms with Crippen molar-refractivity contribution in [2.24, 2.45) is 29.1 Å². The van der Waals surface area contributed by atoms with Gasteiger partial charge in [-0.25, -0.2) is 0 Å². The minimum Gasteiger partial charge on any atom is -0.462 e. The molecule has 22 heavy (non-hydrogen) atoms. The molecule has 0 aromatic heterocycles. The van der Waals surface area contributed by atoms with E-state index in [0.717, 1.165) is 0 Å². The highest BCUT2D eigenvalue weighted by molar-refractivity contribution is 5.95. The number of hydrogen-bond acceptors (Lipinski definition) is 6. The van der Waals surface area contributed by atoms with Crippen LogP contribution in [0.5, 0.6) is 0 Å². The lowest BCUT2D eigenvalue weighted by Gasteiger charge is -2.39. The number of carbonyl (C=O) groups is 2. The standard InChI is InChI=1S/C16H20O6/c1-5-3-6-8(9(7-4-20-7)15(19)21-6)13(17)16(2)10(5)11-12(22-11)14(16)18/h5-13,17H,3-4H2,1-2H3/t5-,6-,7?,8+,9?,10-,11?,12?,13+,16-/m1/s1. The quantitative estimate of drug-likeness (QED) is 0.538. The molecule has 5 rings (SSSR count). The van der Waals surface area contributed by atoms with Gasteiger partial charge in [-0.15, -0.1) is 0 Å². The van der Waals surface area contributed by atoms with Gasteiger partial charge in [-0.05, 0) is 19.3 Å². The van der Waals surface area contributed by atoms with Crippen molar-refractivity contribution in [1.29, 1.82) is 0 Å². The van der Waals surface area contributed by atoms with Crippen molar-refractivity contribution in [3.63, 3.8) is 0 Å². The number of epoxide rings is 2. The highest BCUT2D eigenvalue weighted by Crippen LogP contribution is 2.61. The molecule has 5 aliphatic rings. The number of Topliss-reactive ketones (excluding diaryl/α,β-unsaturated/α-hetero) is 1. The van der Waals surface area contributed by atoms with E-state index >= 15 is 0 Å². The second-order valence-electron chi connectivity index (χ2n) is 7.80. The van der Waals surface area contributed by atoms with Crippen LogP contribution in [0, 0.1) is 29.1 Å². The predicted molar refractivity (Wildman–Crippen MR) is 71.7 cm³/mol. The van der Waals surface area contributed by atoms with E-state index in [0.29, 0.717) is 13.0 Å². The van der Waals surface area contributed by atoms with E-state index < -0.39 is 17.4 Å². The molecule has 3 heterocycles. The summed E-state index contributed by atoms with van der Waals surface area (Å²) >= 11 is 0. The molecule has 5 fully saturated rings. The zero-order chi connectivity index (χ0) is 15.4. The van der Waals surface area contributed by atoms with Gasteiger partial charge in [0, 0.05) is 11.8 Å². The van der Waals surface area contributed by atoms with Gasteiger partial charge in [-0.1, -0.05) is 6.92 Å². The monoisotopic (exact) mass is 308 g/mol. The molecule has 0 amide bonds. The Bertz CT molecular complexity index is 571. The number of aliphatic hydroxyl groups is 1. The summed E-state index contributed by atoms with van der Waals surface area (Å²) in [5.74, 6) is -0.893. The fourth-order valence-electron chi connectivity index (χ4n) is 5.55. The number of hydrogen-bond donors (Lipinski definition) is 1. The van der Waals surface area contributed by atoms with Crippen molar-refractivity contribution < 1.29 is 28.9 Å². The van der Waals surface area contributed by atoms with Crippen molar-refractivity contribution in [3.8, 4) is 0 Å². The van der Waals surface area contributed by atoms with Crippen LogP contribution in [0.25, 0.3) is 0 Å². The van der Waals surface area contributed by atoms with E-state index in [4.69, 9.17) is 14.2 Å². The minimum atomic E-state index is -0.878. The van der Waals surface area contributed by atoms with Crippen LogP contribution in [0.4, 0.5) is 0 Å². The number of carbonyl (C=O) groups excluding carboxylic acids is 2. The molecule has 6 heteroatoms. The number of esters is 1. The lowest BCUT2D eigenvalue weighted by atomic mass is 9.66. The predicted octanol–water partition coefficient (Wildman–Crippen LogP) is -0.0837. The van der Waals surface area contributed by atoms with Gasteiger partial charge in [-0.2, -0.15) is 0 Å². The van der Waals surface area contributed by atoms with Crippen LogP contribution in [0.2, 0.25) is 0 Å². The van der Waals surface area contributed by atoms with Gasteiger partial charge in [0.15, 0.2) is 5.78 Å². The fraction of sp³-hybridized carbons (Fsp3) is 0.875. The Kier molecular flexibility index (Phi) is 2.39. The van der Waals surface area contributed by atoms with Crippen molar-refractivity contribution in [1.82, 2.24) is 0 Å². The average molecular weight is 308 g/mol. The first kappa shape index (κ1) is 13.5. The summed E-state index contributed by atoms with van der Waals surface area (Å²) in [4.78, 5) is 24.9. The van der Waals surface area contributed by atoms with E-state index in [1.807, 2.05) is 6.92 Å². The van der Waals surface area contributed by atoms with E-state index in [2.05, 4.69) is 6.92 Å². The first-order valence-corrected chi connectivity index (χ1v) is 8.14. The molecule has 0 aromatic carbocycles. The molecule has 0 bridgehead atoms. The van der Waals surface area contributed by atoms with Crippen molar-refractivity contribution >= 4 is 11.8 Å². The van der Waals surface area contributed by atoms with Gasteiger partial charge in [0.25, 0.3) is 0 Å². The maximum absolute atomic E-state index is 12.7. The van der Waals surface area contributed by atoms with E-state index in [1.165, 1.54) is 0 Å². The van der Waals surface area contributed by atoms with Crippen LogP contribution < -0.4 is 0 Å². The summed E-state index contributed by atoms with van der Waals surface area (Å²) in [5, 5.41) is 11.1. The Morgan fingerprint density at radius 1 is 1.27 bits per heavy atom. The third kappa shape index (κ3) is 1.42. The molecule has 4 unspecified atom stereocenters. The fourth-order valence-corrected chi connectivity index (χ4v) is 5.55. The van der Waals surface area contributed by atoms with Gasteiger partial charge < -0.3 is 19.3 Å². The summed E-state index contributed by atoms with van der Waals surface area (Å²) in [5.41, 5.74) is -0.840. The topological polar surface area (TPSA) is 88.7 Å². The van der Waals surface area contributed by atoms with Crippen LogP contribution in [-0.2, 0) is 23.8 Å². The SMILES string of the molecule is C[C@@H]1C[C@H]2OC(=O)C(C3CO3)[C@H]2[C@H](O)[C@]2(C)C(=O)C3OC3[C@@H]12. The molecule has 120 valence electrons. The normalized spacial score (nSPS) is 61.9. The van der Waals surface area contributed by atoms with Gasteiger partial charge in [0.2, 0.25) is 0 Å². The summed E-state index contributed by atoms with van der Waals surface area (Å²) in [6.07, 6.45) is -1.09. The zero-order valence-electron chi connectivity index (χ0n) is 12.6. The second-order valence-corrected chi connectivity index (χ2v) is 7.80. The molecule has 3 saturated heterocycles. The summed E-state index contributed by atoms with van der Waals surface area (Å²) < 4.78 is 16.4. The lowest BCUT2D eigenvalue weighted by Crippen LogP contribution is -2.50. The van der Waals surface area contributed by atoms with Crippen molar-refractivity contribution in [3.05, 3.63) is 0 Å². The summed E-state index contributed by atoms with van der Waals surface area (Å²) in [6.45, 7) is 4.46. The first-order valence-electron chi connectivity index (χ1n) is 8.14. The van der Waals surface area contributed by atoms with Gasteiger partial charge >= 0.3 is 5.97 Å². The Morgan fingerprint density at radius 2 is 2.00 bits per heavy atom. The first-order chi connectivity index (χ1) is 10.4. The Balaban J connectivity index is 1.59. The van der Waals surface area contributed by atoms with Gasteiger partial charge in [-0.3, -0.25) is 9.59 Å². The molecule has 2 aliphatic carbocycles. The van der Waals surface area contributed by atoms with Crippen LogP contribution in [-0.4, -0.2) is 54.0 Å². The molecular weight excluding hydrogens is 288 g/mol. The number of ketones is 1. The molecule has 1 N–H and O–H groups in total. The minimum absolute atomic E-state index is 0.00249. The van der Waals surface area contributed by atoms with Crippen LogP contribution >= 0.6 is 0 Å². The number of rotatable bonds is 1. The third-order valence-electron chi connectivity index (χ3n) is 6.70. The third-order valence-corrected chi connectivity index (χ3v) is 6.70. The smallest absolute Gasteiger partial charge is 0.312 e. The highest BCUT2D eigenvalue weighted by atomic mass is 16.6. The molecule has 0 radical (unpaired) electrons. The maximum Gasteiger partial charge on any atom is 0.312 e. The molecule has 6 nitrogen and oxygen atoms in total. The molecule has 0 spiro atoms. The van der Waals surface area contributed by atoms with Crippen molar-refractivity contribution in [2.45, 2.75) is 50.8 Å². The van der Waals surface area contributed by atoms with E-state index in [9.17, 15) is 14.7 Å². The number of aliphatic hydroxyl groups excluding tert-OH is 1. The Morgan fingerprint density at radius 3 is 2.68 bits per heavy atom. The lowest BCUT2D eigenvalue weighted by molar-refractivity contribution is -0.148. The molecule has 2 saturated carbocycles. The van der Waals surface area contributed by atoms with Gasteiger partial charge in [0.05, 0.1) is 36.3 Å². The van der Waals surface area contributed by atoms with Gasteiger partial charge in [0.1, 0.15) is 12.2 Å². The average Bonchev–Trinajstić information content (AvgIpc) is 3.35. The van der Waals surface area contributed by atoms with E-state index in [1.54, 1.807) is 0 Å². The summed E-state index contributed by atoms with van der Waals surface area (Å²) in [6, 6.07) is 0. The van der Waals surface area contributed by atoms with Crippen LogP contribution in [0.15, 0.2) is 0 Å². The second kappa shape index (κ2) is 3.91. The zero-order valence-corrected chi connectivity index (χ0v) is 12.6. The maximum atomic E-state index is 12.7. The molecule has 10 atom stereocenters. The molecule has 3 aliphatic heterocycles. The van der Waals surface area contributed by atoms with Crippen LogP contribution in [0.3, 0.4) is 0 Å². The largest absolute Gasteiger partial charge is 0.462 e. The number of ether oxygens (including phenoxy) is 3. The summed E-state index contributed by atoms with van der Waals surface area (Å²) in [7, 11) is 0. The molecular formula is C16H20O6. The highest BCUT2D eigenvalue weighted by Gasteiger charge is 2.74. The van der Waals surface area contributed by atoms with Crippen LogP contribution in [0.1, 0.15) is 20.3 Å². The number of fused-ring (bicyclic) bond motifs is 4. The van der Waals surface area contributed by atoms with E-state index in [-0.39, 0.29) is 53.9 Å². The Labute approximate surface area is 128 Å².